The molecule has 0 amide bonds. The molecule has 0 radical (unpaired) electrons. The average molecular weight is 329 g/mol. The molecule has 1 aliphatic rings. The van der Waals surface area contributed by atoms with E-state index in [1.807, 2.05) is 18.2 Å². The first kappa shape index (κ1) is 16.1. The Hall–Kier alpha value is -2.74. The zero-order valence-electron chi connectivity index (χ0n) is 13.1. The normalized spacial score (nSPS) is 16.8. The van der Waals surface area contributed by atoms with Gasteiger partial charge in [0, 0.05) is 25.4 Å². The number of hydrogen-bond donors (Lipinski definition) is 3. The minimum atomic E-state index is -0.976. The van der Waals surface area contributed by atoms with Gasteiger partial charge in [0.25, 0.3) is 0 Å². The highest BCUT2D eigenvalue weighted by Gasteiger charge is 2.16. The van der Waals surface area contributed by atoms with Crippen molar-refractivity contribution >= 4 is 17.7 Å². The maximum atomic E-state index is 10.7. The van der Waals surface area contributed by atoms with Crippen molar-refractivity contribution in [3.05, 3.63) is 30.5 Å². The van der Waals surface area contributed by atoms with E-state index in [2.05, 4.69) is 25.6 Å². The van der Waals surface area contributed by atoms with Crippen LogP contribution in [0.15, 0.2) is 30.5 Å². The summed E-state index contributed by atoms with van der Waals surface area (Å²) < 4.78 is 5.59. The minimum Gasteiger partial charge on any atom is -0.480 e. The van der Waals surface area contributed by atoms with Gasteiger partial charge in [-0.3, -0.25) is 9.78 Å². The Labute approximate surface area is 139 Å². The van der Waals surface area contributed by atoms with E-state index in [0.29, 0.717) is 23.8 Å². The lowest BCUT2D eigenvalue weighted by Crippen LogP contribution is -2.20. The highest BCUT2D eigenvalue weighted by molar-refractivity contribution is 5.72. The van der Waals surface area contributed by atoms with Gasteiger partial charge in [-0.25, -0.2) is 4.98 Å². The molecule has 0 unspecified atom stereocenters. The number of ether oxygens (including phenoxy) is 1. The molecule has 24 heavy (non-hydrogen) atoms. The number of rotatable bonds is 7. The third-order valence-corrected chi connectivity index (χ3v) is 3.59. The van der Waals surface area contributed by atoms with Crippen molar-refractivity contribution in [3.63, 3.8) is 0 Å². The molecule has 3 N–H and O–H groups in total. The van der Waals surface area contributed by atoms with Gasteiger partial charge in [0.15, 0.2) is 0 Å². The molecule has 3 heterocycles. The number of nitrogens with one attached hydrogen (secondary N) is 2. The highest BCUT2D eigenvalue weighted by Crippen LogP contribution is 2.20. The molecule has 2 aromatic heterocycles. The first-order chi connectivity index (χ1) is 11.7. The first-order valence-corrected chi connectivity index (χ1v) is 7.82. The van der Waals surface area contributed by atoms with E-state index < -0.39 is 5.97 Å². The van der Waals surface area contributed by atoms with E-state index in [0.717, 1.165) is 19.4 Å². The largest absolute Gasteiger partial charge is 0.480 e. The summed E-state index contributed by atoms with van der Waals surface area (Å²) in [5.41, 5.74) is 1.31. The van der Waals surface area contributed by atoms with E-state index in [-0.39, 0.29) is 18.6 Å². The molecule has 1 fully saturated rings. The summed E-state index contributed by atoms with van der Waals surface area (Å²) in [5, 5.41) is 14.8. The second-order valence-corrected chi connectivity index (χ2v) is 5.44. The minimum absolute atomic E-state index is 0.175. The zero-order chi connectivity index (χ0) is 16.8. The summed E-state index contributed by atoms with van der Waals surface area (Å²) in [6.07, 6.45) is 3.95. The van der Waals surface area contributed by atoms with Crippen LogP contribution in [-0.4, -0.2) is 51.8 Å². The fourth-order valence-electron chi connectivity index (χ4n) is 2.44. The molecule has 1 atom stereocenters. The summed E-state index contributed by atoms with van der Waals surface area (Å²) in [6, 6.07) is 7.33. The Balaban J connectivity index is 1.80. The van der Waals surface area contributed by atoms with E-state index in [4.69, 9.17) is 9.84 Å². The Morgan fingerprint density at radius 2 is 2.21 bits per heavy atom. The van der Waals surface area contributed by atoms with E-state index in [9.17, 15) is 4.79 Å². The van der Waals surface area contributed by atoms with Crippen molar-refractivity contribution in [3.8, 4) is 11.4 Å². The number of nitrogens with zero attached hydrogens (tertiary/aromatic N) is 3. The van der Waals surface area contributed by atoms with Gasteiger partial charge in [0.1, 0.15) is 12.4 Å². The predicted octanol–water partition coefficient (Wildman–Crippen LogP) is 1.63. The van der Waals surface area contributed by atoms with Crippen LogP contribution in [0.1, 0.15) is 12.8 Å². The molecule has 0 aromatic carbocycles. The van der Waals surface area contributed by atoms with Gasteiger partial charge >= 0.3 is 5.97 Å². The lowest BCUT2D eigenvalue weighted by molar-refractivity contribution is -0.134. The van der Waals surface area contributed by atoms with Crippen molar-refractivity contribution in [2.45, 2.75) is 18.9 Å². The second-order valence-electron chi connectivity index (χ2n) is 5.44. The maximum absolute atomic E-state index is 10.7. The quantitative estimate of drug-likeness (QED) is 0.703. The number of carboxylic acids is 1. The molecule has 0 saturated carbocycles. The fourth-order valence-corrected chi connectivity index (χ4v) is 2.44. The standard InChI is InChI=1S/C16H19N5O3/c22-15(23)10-19-16-20-13(12-5-1-2-6-17-12)8-14(21-16)18-9-11-4-3-7-24-11/h1-2,5-6,8,11H,3-4,7,9-10H2,(H,22,23)(H2,18,19,20,21)/t11-/m0/s1. The summed E-state index contributed by atoms with van der Waals surface area (Å²) in [5.74, 6) is -0.125. The van der Waals surface area contributed by atoms with Crippen LogP contribution in [0.5, 0.6) is 0 Å². The van der Waals surface area contributed by atoms with Crippen LogP contribution in [0.2, 0.25) is 0 Å². The van der Waals surface area contributed by atoms with Crippen LogP contribution in [0.4, 0.5) is 11.8 Å². The zero-order valence-corrected chi connectivity index (χ0v) is 13.1. The molecule has 1 aliphatic heterocycles. The number of pyridine rings is 1. The third kappa shape index (κ3) is 4.39. The molecule has 2 aromatic rings. The van der Waals surface area contributed by atoms with E-state index >= 15 is 0 Å². The molecular weight excluding hydrogens is 310 g/mol. The number of anilines is 2. The van der Waals surface area contributed by atoms with Crippen molar-refractivity contribution < 1.29 is 14.6 Å². The molecule has 3 rings (SSSR count). The van der Waals surface area contributed by atoms with E-state index in [1.165, 1.54) is 0 Å². The number of aliphatic carboxylic acids is 1. The van der Waals surface area contributed by atoms with Crippen molar-refractivity contribution in [2.24, 2.45) is 0 Å². The summed E-state index contributed by atoms with van der Waals surface area (Å²) in [6.45, 7) is 1.19. The van der Waals surface area contributed by atoms with Gasteiger partial charge < -0.3 is 20.5 Å². The van der Waals surface area contributed by atoms with Gasteiger partial charge in [0.05, 0.1) is 17.5 Å². The molecule has 8 heteroatoms. The summed E-state index contributed by atoms with van der Waals surface area (Å²) in [4.78, 5) is 23.7. The monoisotopic (exact) mass is 329 g/mol. The average Bonchev–Trinajstić information content (AvgIpc) is 3.12. The van der Waals surface area contributed by atoms with Gasteiger partial charge in [-0.1, -0.05) is 6.07 Å². The van der Waals surface area contributed by atoms with Gasteiger partial charge in [-0.2, -0.15) is 4.98 Å². The van der Waals surface area contributed by atoms with Gasteiger partial charge in [0.2, 0.25) is 5.95 Å². The van der Waals surface area contributed by atoms with Crippen LogP contribution in [-0.2, 0) is 9.53 Å². The molecular formula is C16H19N5O3. The summed E-state index contributed by atoms with van der Waals surface area (Å²) in [7, 11) is 0. The molecule has 0 spiro atoms. The van der Waals surface area contributed by atoms with Crippen molar-refractivity contribution in [1.29, 1.82) is 0 Å². The number of aromatic nitrogens is 3. The van der Waals surface area contributed by atoms with Crippen molar-refractivity contribution in [2.75, 3.05) is 30.3 Å². The van der Waals surface area contributed by atoms with Crippen LogP contribution in [0.25, 0.3) is 11.4 Å². The van der Waals surface area contributed by atoms with Crippen LogP contribution in [0, 0.1) is 0 Å². The van der Waals surface area contributed by atoms with Gasteiger partial charge in [-0.05, 0) is 25.0 Å². The molecule has 8 nitrogen and oxygen atoms in total. The topological polar surface area (TPSA) is 109 Å². The summed E-state index contributed by atoms with van der Waals surface area (Å²) >= 11 is 0. The van der Waals surface area contributed by atoms with Crippen LogP contribution in [0.3, 0.4) is 0 Å². The number of hydrogen-bond acceptors (Lipinski definition) is 7. The second kappa shape index (κ2) is 7.69. The number of carboxylic acid groups (broad SMARTS) is 1. The lowest BCUT2D eigenvalue weighted by Gasteiger charge is -2.13. The smallest absolute Gasteiger partial charge is 0.322 e. The Morgan fingerprint density at radius 3 is 2.92 bits per heavy atom. The Kier molecular flexibility index (Phi) is 5.17. The molecule has 0 bridgehead atoms. The third-order valence-electron chi connectivity index (χ3n) is 3.59. The molecule has 126 valence electrons. The predicted molar refractivity (Wildman–Crippen MR) is 88.9 cm³/mol. The highest BCUT2D eigenvalue weighted by atomic mass is 16.5. The fraction of sp³-hybridized carbons (Fsp3) is 0.375. The van der Waals surface area contributed by atoms with Crippen LogP contribution >= 0.6 is 0 Å². The first-order valence-electron chi connectivity index (χ1n) is 7.82. The number of carbonyl (C=O) groups is 1. The molecule has 0 aliphatic carbocycles. The van der Waals surface area contributed by atoms with Gasteiger partial charge in [-0.15, -0.1) is 0 Å². The maximum Gasteiger partial charge on any atom is 0.322 e. The Morgan fingerprint density at radius 1 is 1.29 bits per heavy atom. The van der Waals surface area contributed by atoms with E-state index in [1.54, 1.807) is 12.3 Å². The Bertz CT molecular complexity index is 689. The van der Waals surface area contributed by atoms with Crippen LogP contribution < -0.4 is 10.6 Å². The lowest BCUT2D eigenvalue weighted by atomic mass is 10.2. The SMILES string of the molecule is O=C(O)CNc1nc(NC[C@@H]2CCCO2)cc(-c2ccccn2)n1. The molecule has 1 saturated heterocycles. The van der Waals surface area contributed by atoms with Crippen molar-refractivity contribution in [1.82, 2.24) is 15.0 Å².